The lowest BCUT2D eigenvalue weighted by Crippen LogP contribution is -2.00. The zero-order valence-electron chi connectivity index (χ0n) is 8.10. The minimum Gasteiger partial charge on any atom is -0.219 e. The quantitative estimate of drug-likeness (QED) is 0.759. The Morgan fingerprint density at radius 2 is 2.20 bits per heavy atom. The first-order valence-corrected chi connectivity index (χ1v) is 6.78. The van der Waals surface area contributed by atoms with Crippen LogP contribution in [0.25, 0.3) is 0 Å². The SMILES string of the molecule is C=CS(=O)(=O)c1cccc(SC)c1C#N. The molecule has 15 heavy (non-hydrogen) atoms. The topological polar surface area (TPSA) is 57.9 Å². The van der Waals surface area contributed by atoms with Crippen molar-refractivity contribution in [2.45, 2.75) is 9.79 Å². The van der Waals surface area contributed by atoms with Crippen molar-refractivity contribution in [2.75, 3.05) is 6.26 Å². The van der Waals surface area contributed by atoms with Crippen LogP contribution < -0.4 is 0 Å². The Labute approximate surface area is 93.3 Å². The van der Waals surface area contributed by atoms with Gasteiger partial charge in [-0.25, -0.2) is 8.42 Å². The Kier molecular flexibility index (Phi) is 3.56. The predicted molar refractivity (Wildman–Crippen MR) is 60.3 cm³/mol. The van der Waals surface area contributed by atoms with Crippen LogP contribution in [0.1, 0.15) is 5.56 Å². The minimum absolute atomic E-state index is 0.0202. The number of hydrogen-bond donors (Lipinski definition) is 0. The third kappa shape index (κ3) is 2.22. The third-order valence-corrected chi connectivity index (χ3v) is 4.02. The highest BCUT2D eigenvalue weighted by Crippen LogP contribution is 2.26. The van der Waals surface area contributed by atoms with Gasteiger partial charge in [0.1, 0.15) is 6.07 Å². The Hall–Kier alpha value is -1.25. The lowest BCUT2D eigenvalue weighted by atomic mass is 10.2. The number of nitriles is 1. The summed E-state index contributed by atoms with van der Waals surface area (Å²) in [5, 5.41) is 9.78. The molecule has 0 aromatic heterocycles. The number of rotatable bonds is 3. The van der Waals surface area contributed by atoms with Crippen LogP contribution in [0.4, 0.5) is 0 Å². The second-order valence-electron chi connectivity index (χ2n) is 2.66. The maximum absolute atomic E-state index is 11.6. The van der Waals surface area contributed by atoms with E-state index in [-0.39, 0.29) is 10.5 Å². The standard InChI is InChI=1S/C10H9NO2S2/c1-3-15(12,13)10-6-4-5-9(14-2)8(10)7-11/h3-6H,1H2,2H3. The van der Waals surface area contributed by atoms with Crippen LogP contribution in [-0.2, 0) is 9.84 Å². The van der Waals surface area contributed by atoms with E-state index in [0.29, 0.717) is 4.90 Å². The fraction of sp³-hybridized carbons (Fsp3) is 0.100. The lowest BCUT2D eigenvalue weighted by Gasteiger charge is -2.05. The first-order valence-electron chi connectivity index (χ1n) is 4.01. The molecule has 0 saturated carbocycles. The molecule has 0 amide bonds. The molecule has 5 heteroatoms. The van der Waals surface area contributed by atoms with Crippen molar-refractivity contribution in [1.29, 1.82) is 5.26 Å². The van der Waals surface area contributed by atoms with Crippen molar-refractivity contribution >= 4 is 21.6 Å². The second kappa shape index (κ2) is 4.51. The molecular weight excluding hydrogens is 230 g/mol. The second-order valence-corrected chi connectivity index (χ2v) is 5.37. The van der Waals surface area contributed by atoms with E-state index in [1.54, 1.807) is 18.4 Å². The Morgan fingerprint density at radius 3 is 2.67 bits per heavy atom. The smallest absolute Gasteiger partial charge is 0.200 e. The Balaban J connectivity index is 3.59. The van der Waals surface area contributed by atoms with Crippen LogP contribution in [0.2, 0.25) is 0 Å². The molecule has 3 nitrogen and oxygen atoms in total. The molecule has 1 rings (SSSR count). The van der Waals surface area contributed by atoms with E-state index in [4.69, 9.17) is 5.26 Å². The summed E-state index contributed by atoms with van der Waals surface area (Å²) >= 11 is 1.34. The van der Waals surface area contributed by atoms with Crippen molar-refractivity contribution < 1.29 is 8.42 Å². The van der Waals surface area contributed by atoms with Crippen molar-refractivity contribution in [1.82, 2.24) is 0 Å². The molecule has 78 valence electrons. The average Bonchev–Trinajstić information content (AvgIpc) is 2.27. The molecule has 0 spiro atoms. The molecule has 0 heterocycles. The average molecular weight is 239 g/mol. The molecule has 0 atom stereocenters. The van der Waals surface area contributed by atoms with Gasteiger partial charge in [-0.05, 0) is 18.4 Å². The summed E-state index contributed by atoms with van der Waals surface area (Å²) in [5.41, 5.74) is 0.185. The zero-order valence-corrected chi connectivity index (χ0v) is 9.73. The van der Waals surface area contributed by atoms with Gasteiger partial charge in [0.15, 0.2) is 0 Å². The van der Waals surface area contributed by atoms with Gasteiger partial charge in [0.2, 0.25) is 9.84 Å². The molecule has 0 fully saturated rings. The van der Waals surface area contributed by atoms with E-state index in [9.17, 15) is 8.42 Å². The molecule has 0 aliphatic carbocycles. The molecule has 1 aromatic carbocycles. The first-order chi connectivity index (χ1) is 7.06. The van der Waals surface area contributed by atoms with Crippen LogP contribution in [0.5, 0.6) is 0 Å². The van der Waals surface area contributed by atoms with Crippen molar-refractivity contribution in [3.8, 4) is 6.07 Å². The normalized spacial score (nSPS) is 10.7. The Bertz CT molecular complexity index is 527. The summed E-state index contributed by atoms with van der Waals surface area (Å²) in [7, 11) is -3.55. The van der Waals surface area contributed by atoms with Crippen molar-refractivity contribution in [3.05, 3.63) is 35.7 Å². The molecule has 1 aromatic rings. The van der Waals surface area contributed by atoms with Gasteiger partial charge in [-0.3, -0.25) is 0 Å². The van der Waals surface area contributed by atoms with Gasteiger partial charge in [0.25, 0.3) is 0 Å². The molecule has 0 unspecified atom stereocenters. The summed E-state index contributed by atoms with van der Waals surface area (Å²) in [6.45, 7) is 3.24. The molecule has 0 N–H and O–H groups in total. The van der Waals surface area contributed by atoms with Gasteiger partial charge in [-0.1, -0.05) is 12.6 Å². The van der Waals surface area contributed by atoms with E-state index in [1.807, 2.05) is 6.07 Å². The fourth-order valence-corrected chi connectivity index (χ4v) is 2.65. The number of hydrogen-bond acceptors (Lipinski definition) is 4. The highest BCUT2D eigenvalue weighted by molar-refractivity contribution is 7.98. The molecular formula is C10H9NO2S2. The van der Waals surface area contributed by atoms with E-state index < -0.39 is 9.84 Å². The van der Waals surface area contributed by atoms with Gasteiger partial charge in [-0.2, -0.15) is 5.26 Å². The summed E-state index contributed by atoms with van der Waals surface area (Å²) in [6.07, 6.45) is 1.79. The first kappa shape index (κ1) is 11.8. The minimum atomic E-state index is -3.55. The van der Waals surface area contributed by atoms with Crippen LogP contribution >= 0.6 is 11.8 Å². The maximum Gasteiger partial charge on any atom is 0.200 e. The lowest BCUT2D eigenvalue weighted by molar-refractivity contribution is 0.604. The highest BCUT2D eigenvalue weighted by atomic mass is 32.2. The monoisotopic (exact) mass is 239 g/mol. The predicted octanol–water partition coefficient (Wildman–Crippen LogP) is 2.20. The molecule has 0 radical (unpaired) electrons. The van der Waals surface area contributed by atoms with Crippen LogP contribution in [0.15, 0.2) is 40.0 Å². The summed E-state index contributed by atoms with van der Waals surface area (Å²) in [4.78, 5) is 0.673. The largest absolute Gasteiger partial charge is 0.219 e. The summed E-state index contributed by atoms with van der Waals surface area (Å²) in [6, 6.07) is 6.65. The van der Waals surface area contributed by atoms with Crippen molar-refractivity contribution in [3.63, 3.8) is 0 Å². The van der Waals surface area contributed by atoms with E-state index in [0.717, 1.165) is 5.41 Å². The van der Waals surface area contributed by atoms with Gasteiger partial charge in [-0.15, -0.1) is 11.8 Å². The fourth-order valence-electron chi connectivity index (χ4n) is 1.12. The molecule has 0 aliphatic heterocycles. The van der Waals surface area contributed by atoms with E-state index >= 15 is 0 Å². The number of thioether (sulfide) groups is 1. The number of nitrogens with zero attached hydrogens (tertiary/aromatic N) is 1. The molecule has 0 bridgehead atoms. The van der Waals surface area contributed by atoms with Crippen LogP contribution in [0.3, 0.4) is 0 Å². The summed E-state index contributed by atoms with van der Waals surface area (Å²) < 4.78 is 23.1. The summed E-state index contributed by atoms with van der Waals surface area (Å²) in [5.74, 6) is 0. The van der Waals surface area contributed by atoms with E-state index in [1.165, 1.54) is 17.8 Å². The van der Waals surface area contributed by atoms with Gasteiger partial charge in [0, 0.05) is 10.3 Å². The van der Waals surface area contributed by atoms with E-state index in [2.05, 4.69) is 6.58 Å². The van der Waals surface area contributed by atoms with Gasteiger partial charge in [0.05, 0.1) is 10.5 Å². The maximum atomic E-state index is 11.6. The van der Waals surface area contributed by atoms with Gasteiger partial charge >= 0.3 is 0 Å². The van der Waals surface area contributed by atoms with Crippen molar-refractivity contribution in [2.24, 2.45) is 0 Å². The number of benzene rings is 1. The molecule has 0 aliphatic rings. The van der Waals surface area contributed by atoms with Gasteiger partial charge < -0.3 is 0 Å². The van der Waals surface area contributed by atoms with Crippen LogP contribution in [-0.4, -0.2) is 14.7 Å². The molecule has 0 saturated heterocycles. The van der Waals surface area contributed by atoms with Crippen LogP contribution in [0, 0.1) is 11.3 Å². The number of sulfone groups is 1. The Morgan fingerprint density at radius 1 is 1.53 bits per heavy atom. The highest BCUT2D eigenvalue weighted by Gasteiger charge is 2.17. The third-order valence-electron chi connectivity index (χ3n) is 1.85. The zero-order chi connectivity index (χ0) is 11.5.